The molecule has 1 aliphatic rings. The molecule has 0 radical (unpaired) electrons. The predicted octanol–water partition coefficient (Wildman–Crippen LogP) is 2.83. The maximum atomic E-state index is 12.3. The molecule has 0 aromatic heterocycles. The number of carbonyl (C=O) groups is 4. The number of hydrogen-bond donors (Lipinski definition) is 1. The quantitative estimate of drug-likeness (QED) is 0.636. The van der Waals surface area contributed by atoms with E-state index in [1.54, 1.807) is 12.1 Å². The second-order valence-electron chi connectivity index (χ2n) is 6.57. The van der Waals surface area contributed by atoms with Crippen molar-refractivity contribution >= 4 is 35.1 Å². The Morgan fingerprint density at radius 2 is 1.54 bits per heavy atom. The molecule has 0 aliphatic carbocycles. The van der Waals surface area contributed by atoms with Crippen molar-refractivity contribution in [2.75, 3.05) is 10.2 Å². The largest absolute Gasteiger partial charge is 0.449 e. The van der Waals surface area contributed by atoms with Crippen LogP contribution >= 0.6 is 0 Å². The van der Waals surface area contributed by atoms with E-state index in [1.165, 1.54) is 31.2 Å². The van der Waals surface area contributed by atoms with Crippen LogP contribution in [0.2, 0.25) is 0 Å². The van der Waals surface area contributed by atoms with E-state index in [-0.39, 0.29) is 30.2 Å². The lowest BCUT2D eigenvalue weighted by atomic mass is 10.2. The first-order chi connectivity index (χ1) is 13.3. The first-order valence-electron chi connectivity index (χ1n) is 8.89. The van der Waals surface area contributed by atoms with Crippen LogP contribution in [0.25, 0.3) is 0 Å². The standard InChI is InChI=1S/C21H20N2O5/c1-13-3-7-16(8-4-13)22-20(26)14(2)28-21(27)15-5-9-17(10-6-15)23-18(24)11-12-19(23)25/h3-10,14H,11-12H2,1-2H3,(H,22,26)/t14-/m0/s1. The Morgan fingerprint density at radius 3 is 2.11 bits per heavy atom. The molecule has 1 fully saturated rings. The van der Waals surface area contributed by atoms with Crippen LogP contribution in [0.15, 0.2) is 48.5 Å². The van der Waals surface area contributed by atoms with Crippen molar-refractivity contribution in [1.29, 1.82) is 0 Å². The summed E-state index contributed by atoms with van der Waals surface area (Å²) < 4.78 is 5.20. The first-order valence-corrected chi connectivity index (χ1v) is 8.89. The average molecular weight is 380 g/mol. The first kappa shape index (κ1) is 19.3. The summed E-state index contributed by atoms with van der Waals surface area (Å²) >= 11 is 0. The van der Waals surface area contributed by atoms with Crippen molar-refractivity contribution in [1.82, 2.24) is 0 Å². The van der Waals surface area contributed by atoms with E-state index in [9.17, 15) is 19.2 Å². The van der Waals surface area contributed by atoms with Gasteiger partial charge in [-0.15, -0.1) is 0 Å². The number of esters is 1. The van der Waals surface area contributed by atoms with Gasteiger partial charge >= 0.3 is 5.97 Å². The molecule has 7 nitrogen and oxygen atoms in total. The van der Waals surface area contributed by atoms with Crippen molar-refractivity contribution in [3.63, 3.8) is 0 Å². The number of nitrogens with one attached hydrogen (secondary N) is 1. The van der Waals surface area contributed by atoms with E-state index in [2.05, 4.69) is 5.32 Å². The summed E-state index contributed by atoms with van der Waals surface area (Å²) in [4.78, 5) is 49.1. The third-order valence-corrected chi connectivity index (χ3v) is 4.38. The molecule has 28 heavy (non-hydrogen) atoms. The molecule has 0 spiro atoms. The highest BCUT2D eigenvalue weighted by atomic mass is 16.5. The van der Waals surface area contributed by atoms with Crippen molar-refractivity contribution in [3.05, 3.63) is 59.7 Å². The topological polar surface area (TPSA) is 92.8 Å². The van der Waals surface area contributed by atoms with Gasteiger partial charge in [0.1, 0.15) is 0 Å². The van der Waals surface area contributed by atoms with Crippen molar-refractivity contribution in [2.24, 2.45) is 0 Å². The summed E-state index contributed by atoms with van der Waals surface area (Å²) in [5.74, 6) is -1.64. The van der Waals surface area contributed by atoms with Gasteiger partial charge in [-0.25, -0.2) is 4.79 Å². The summed E-state index contributed by atoms with van der Waals surface area (Å²) in [6, 6.07) is 13.2. The maximum absolute atomic E-state index is 12.3. The van der Waals surface area contributed by atoms with E-state index >= 15 is 0 Å². The second-order valence-corrected chi connectivity index (χ2v) is 6.57. The zero-order valence-corrected chi connectivity index (χ0v) is 15.6. The van der Waals surface area contributed by atoms with Crippen LogP contribution in [0.1, 0.15) is 35.7 Å². The minimum Gasteiger partial charge on any atom is -0.449 e. The molecule has 144 valence electrons. The van der Waals surface area contributed by atoms with Crippen LogP contribution < -0.4 is 10.2 Å². The number of aryl methyl sites for hydroxylation is 1. The van der Waals surface area contributed by atoms with Crippen molar-refractivity contribution in [3.8, 4) is 0 Å². The summed E-state index contributed by atoms with van der Waals surface area (Å²) in [5.41, 5.74) is 2.31. The Morgan fingerprint density at radius 1 is 0.964 bits per heavy atom. The number of anilines is 2. The third kappa shape index (κ3) is 4.25. The normalized spacial score (nSPS) is 14.7. The molecular formula is C21H20N2O5. The smallest absolute Gasteiger partial charge is 0.338 e. The zero-order chi connectivity index (χ0) is 20.3. The summed E-state index contributed by atoms with van der Waals surface area (Å²) in [6.07, 6.45) is -0.609. The third-order valence-electron chi connectivity index (χ3n) is 4.38. The molecule has 3 rings (SSSR count). The molecule has 2 aromatic carbocycles. The fraction of sp³-hybridized carbons (Fsp3) is 0.238. The molecule has 7 heteroatoms. The van der Waals surface area contributed by atoms with Crippen LogP contribution in [0, 0.1) is 6.92 Å². The monoisotopic (exact) mass is 380 g/mol. The number of imide groups is 1. The van der Waals surface area contributed by atoms with Crippen LogP contribution in [0.3, 0.4) is 0 Å². The van der Waals surface area contributed by atoms with Gasteiger partial charge in [-0.2, -0.15) is 0 Å². The molecule has 1 atom stereocenters. The number of benzene rings is 2. The number of nitrogens with zero attached hydrogens (tertiary/aromatic N) is 1. The Bertz CT molecular complexity index is 903. The summed E-state index contributed by atoms with van der Waals surface area (Å²) in [5, 5.41) is 2.68. The fourth-order valence-corrected chi connectivity index (χ4v) is 2.77. The van der Waals surface area contributed by atoms with Gasteiger partial charge in [-0.3, -0.25) is 19.3 Å². The maximum Gasteiger partial charge on any atom is 0.338 e. The molecule has 1 saturated heterocycles. The summed E-state index contributed by atoms with van der Waals surface area (Å²) in [6.45, 7) is 3.42. The van der Waals surface area contributed by atoms with Gasteiger partial charge in [0.15, 0.2) is 6.10 Å². The minimum atomic E-state index is -0.991. The van der Waals surface area contributed by atoms with E-state index < -0.39 is 18.0 Å². The Kier molecular flexibility index (Phi) is 5.54. The average Bonchev–Trinajstić information content (AvgIpc) is 3.02. The molecule has 3 amide bonds. The van der Waals surface area contributed by atoms with Crippen LogP contribution in [-0.4, -0.2) is 29.8 Å². The number of ether oxygens (including phenoxy) is 1. The molecule has 1 aliphatic heterocycles. The SMILES string of the molecule is Cc1ccc(NC(=O)[C@H](C)OC(=O)c2ccc(N3C(=O)CCC3=O)cc2)cc1. The molecular weight excluding hydrogens is 360 g/mol. The predicted molar refractivity (Wildman–Crippen MR) is 103 cm³/mol. The van der Waals surface area contributed by atoms with E-state index in [0.29, 0.717) is 11.4 Å². The van der Waals surface area contributed by atoms with Gasteiger partial charge in [0.05, 0.1) is 11.3 Å². The number of rotatable bonds is 5. The fourth-order valence-electron chi connectivity index (χ4n) is 2.77. The summed E-state index contributed by atoms with van der Waals surface area (Å²) in [7, 11) is 0. The van der Waals surface area contributed by atoms with Gasteiger partial charge in [0.25, 0.3) is 5.91 Å². The van der Waals surface area contributed by atoms with Gasteiger partial charge in [-0.1, -0.05) is 17.7 Å². The van der Waals surface area contributed by atoms with Crippen LogP contribution in [0.4, 0.5) is 11.4 Å². The number of carbonyl (C=O) groups excluding carboxylic acids is 4. The van der Waals surface area contributed by atoms with Gasteiger partial charge < -0.3 is 10.1 Å². The Balaban J connectivity index is 1.60. The van der Waals surface area contributed by atoms with Gasteiger partial charge in [-0.05, 0) is 50.2 Å². The van der Waals surface area contributed by atoms with E-state index in [4.69, 9.17) is 4.74 Å². The van der Waals surface area contributed by atoms with E-state index in [0.717, 1.165) is 10.5 Å². The van der Waals surface area contributed by atoms with Crippen molar-refractivity contribution < 1.29 is 23.9 Å². The lowest BCUT2D eigenvalue weighted by Crippen LogP contribution is -2.30. The molecule has 0 saturated carbocycles. The molecule has 2 aromatic rings. The highest BCUT2D eigenvalue weighted by Gasteiger charge is 2.30. The highest BCUT2D eigenvalue weighted by Crippen LogP contribution is 2.23. The van der Waals surface area contributed by atoms with Crippen LogP contribution in [0.5, 0.6) is 0 Å². The Hall–Kier alpha value is -3.48. The lowest BCUT2D eigenvalue weighted by Gasteiger charge is -2.15. The minimum absolute atomic E-state index is 0.191. The second kappa shape index (κ2) is 8.04. The number of hydrogen-bond acceptors (Lipinski definition) is 5. The van der Waals surface area contributed by atoms with Crippen LogP contribution in [-0.2, 0) is 19.1 Å². The molecule has 0 unspecified atom stereocenters. The number of amides is 3. The van der Waals surface area contributed by atoms with Gasteiger partial charge in [0.2, 0.25) is 11.8 Å². The van der Waals surface area contributed by atoms with Crippen molar-refractivity contribution in [2.45, 2.75) is 32.8 Å². The zero-order valence-electron chi connectivity index (χ0n) is 15.6. The highest BCUT2D eigenvalue weighted by molar-refractivity contribution is 6.19. The van der Waals surface area contributed by atoms with Gasteiger partial charge in [0, 0.05) is 18.5 Å². The molecule has 1 heterocycles. The van der Waals surface area contributed by atoms with E-state index in [1.807, 2.05) is 19.1 Å². The molecule has 0 bridgehead atoms. The molecule has 1 N–H and O–H groups in total. The Labute approximate surface area is 162 Å². The lowest BCUT2D eigenvalue weighted by molar-refractivity contribution is -0.124.